The summed E-state index contributed by atoms with van der Waals surface area (Å²) in [4.78, 5) is 24.8. The quantitative estimate of drug-likeness (QED) is 0.108. The lowest BCUT2D eigenvalue weighted by Gasteiger charge is -2.10. The van der Waals surface area contributed by atoms with Gasteiger partial charge >= 0.3 is 5.97 Å². The summed E-state index contributed by atoms with van der Waals surface area (Å²) in [6.45, 7) is -0.235. The third-order valence-corrected chi connectivity index (χ3v) is 6.49. The van der Waals surface area contributed by atoms with Gasteiger partial charge in [-0.25, -0.2) is 10.2 Å². The second kappa shape index (κ2) is 11.5. The third kappa shape index (κ3) is 6.28. The van der Waals surface area contributed by atoms with Gasteiger partial charge < -0.3 is 9.47 Å². The average molecular weight is 617 g/mol. The number of hydrogen-bond donors (Lipinski definition) is 1. The fourth-order valence-electron chi connectivity index (χ4n) is 3.17. The standard InChI is InChI=1S/C26H17Br2ClN2O4/c27-18-10-12-22(35-26(33)20-7-3-4-8-21(20)29)17(13-18)14-30-31-24(32)15-34-23-11-9-16-5-1-2-6-19(16)25(23)28/h1-14H,15H2,(H,31,32)/b30-14-. The molecule has 4 aromatic rings. The molecule has 0 saturated carbocycles. The number of carbonyl (C=O) groups is 2. The number of ether oxygens (including phenoxy) is 2. The van der Waals surface area contributed by atoms with Crippen LogP contribution in [0.1, 0.15) is 15.9 Å². The Morgan fingerprint density at radius 2 is 1.69 bits per heavy atom. The van der Waals surface area contributed by atoms with Crippen LogP contribution in [0, 0.1) is 0 Å². The topological polar surface area (TPSA) is 77.0 Å². The van der Waals surface area contributed by atoms with E-state index in [0.717, 1.165) is 19.7 Å². The number of nitrogens with one attached hydrogen (secondary N) is 1. The van der Waals surface area contributed by atoms with Gasteiger partial charge in [0.2, 0.25) is 0 Å². The van der Waals surface area contributed by atoms with E-state index in [1.54, 1.807) is 48.5 Å². The number of carbonyl (C=O) groups excluding carboxylic acids is 2. The van der Waals surface area contributed by atoms with E-state index in [1.807, 2.05) is 30.3 Å². The third-order valence-electron chi connectivity index (χ3n) is 4.85. The number of halogens is 3. The highest BCUT2D eigenvalue weighted by Crippen LogP contribution is 2.33. The van der Waals surface area contributed by atoms with E-state index >= 15 is 0 Å². The van der Waals surface area contributed by atoms with Crippen molar-refractivity contribution >= 4 is 72.3 Å². The molecule has 0 radical (unpaired) electrons. The Balaban J connectivity index is 1.40. The first kappa shape index (κ1) is 24.9. The average Bonchev–Trinajstić information content (AvgIpc) is 2.85. The van der Waals surface area contributed by atoms with Gasteiger partial charge in [0.15, 0.2) is 6.61 Å². The van der Waals surface area contributed by atoms with E-state index < -0.39 is 11.9 Å². The van der Waals surface area contributed by atoms with Gasteiger partial charge in [-0.15, -0.1) is 0 Å². The summed E-state index contributed by atoms with van der Waals surface area (Å²) in [5.41, 5.74) is 3.12. The van der Waals surface area contributed by atoms with E-state index in [-0.39, 0.29) is 22.9 Å². The highest BCUT2D eigenvalue weighted by molar-refractivity contribution is 9.11. The molecule has 0 spiro atoms. The number of hydrazone groups is 1. The molecule has 1 amide bonds. The van der Waals surface area contributed by atoms with Crippen molar-refractivity contribution in [1.82, 2.24) is 5.43 Å². The predicted octanol–water partition coefficient (Wildman–Crippen LogP) is 6.77. The Kier molecular flexibility index (Phi) is 8.17. The molecule has 0 heterocycles. The van der Waals surface area contributed by atoms with Gasteiger partial charge in [0.25, 0.3) is 5.91 Å². The Labute approximate surface area is 223 Å². The largest absolute Gasteiger partial charge is 0.483 e. The number of esters is 1. The number of rotatable bonds is 7. The van der Waals surface area contributed by atoms with Crippen LogP contribution in [0.5, 0.6) is 11.5 Å². The number of amides is 1. The van der Waals surface area contributed by atoms with Crippen LogP contribution in [0.2, 0.25) is 5.02 Å². The zero-order chi connectivity index (χ0) is 24.8. The Morgan fingerprint density at radius 1 is 0.943 bits per heavy atom. The molecule has 35 heavy (non-hydrogen) atoms. The fourth-order valence-corrected chi connectivity index (χ4v) is 4.37. The van der Waals surface area contributed by atoms with Crippen molar-refractivity contribution in [3.05, 3.63) is 104 Å². The van der Waals surface area contributed by atoms with Crippen molar-refractivity contribution in [3.8, 4) is 11.5 Å². The van der Waals surface area contributed by atoms with Crippen molar-refractivity contribution < 1.29 is 19.1 Å². The van der Waals surface area contributed by atoms with Crippen molar-refractivity contribution in [2.24, 2.45) is 5.10 Å². The lowest BCUT2D eigenvalue weighted by molar-refractivity contribution is -0.123. The molecule has 0 aromatic heterocycles. The Bertz CT molecular complexity index is 1440. The highest BCUT2D eigenvalue weighted by Gasteiger charge is 2.14. The van der Waals surface area contributed by atoms with Crippen LogP contribution < -0.4 is 14.9 Å². The van der Waals surface area contributed by atoms with Crippen LogP contribution in [0.25, 0.3) is 10.8 Å². The maximum Gasteiger partial charge on any atom is 0.345 e. The van der Waals surface area contributed by atoms with E-state index in [4.69, 9.17) is 21.1 Å². The molecule has 4 aromatic carbocycles. The summed E-state index contributed by atoms with van der Waals surface area (Å²) in [5.74, 6) is -0.257. The van der Waals surface area contributed by atoms with E-state index in [0.29, 0.717) is 11.3 Å². The minimum absolute atomic E-state index is 0.235. The molecule has 0 aliphatic heterocycles. The minimum atomic E-state index is -0.606. The second-order valence-electron chi connectivity index (χ2n) is 7.23. The van der Waals surface area contributed by atoms with Gasteiger partial charge in [0.1, 0.15) is 11.5 Å². The zero-order valence-corrected chi connectivity index (χ0v) is 21.9. The van der Waals surface area contributed by atoms with Crippen LogP contribution in [-0.2, 0) is 4.79 Å². The van der Waals surface area contributed by atoms with Crippen LogP contribution in [0.15, 0.2) is 92.9 Å². The lowest BCUT2D eigenvalue weighted by atomic mass is 10.1. The fraction of sp³-hybridized carbons (Fsp3) is 0.0385. The van der Waals surface area contributed by atoms with Crippen LogP contribution in [0.4, 0.5) is 0 Å². The summed E-state index contributed by atoms with van der Waals surface area (Å²) in [6, 6.07) is 23.2. The molecular formula is C26H17Br2ClN2O4. The lowest BCUT2D eigenvalue weighted by Crippen LogP contribution is -2.24. The van der Waals surface area contributed by atoms with Gasteiger partial charge in [-0.3, -0.25) is 4.79 Å². The summed E-state index contributed by atoms with van der Waals surface area (Å²) in [5, 5.41) is 6.30. The maximum absolute atomic E-state index is 12.5. The van der Waals surface area contributed by atoms with Crippen molar-refractivity contribution in [3.63, 3.8) is 0 Å². The molecule has 9 heteroatoms. The molecule has 0 fully saturated rings. The Hall–Kier alpha value is -3.20. The van der Waals surface area contributed by atoms with E-state index in [1.165, 1.54) is 6.21 Å². The molecule has 0 atom stereocenters. The van der Waals surface area contributed by atoms with Gasteiger partial charge in [0.05, 0.1) is 21.3 Å². The first-order chi connectivity index (χ1) is 16.9. The van der Waals surface area contributed by atoms with Crippen LogP contribution in [-0.4, -0.2) is 24.7 Å². The smallest absolute Gasteiger partial charge is 0.345 e. The van der Waals surface area contributed by atoms with Crippen LogP contribution >= 0.6 is 43.5 Å². The molecule has 0 aliphatic rings. The maximum atomic E-state index is 12.5. The molecular weight excluding hydrogens is 600 g/mol. The first-order valence-electron chi connectivity index (χ1n) is 10.3. The predicted molar refractivity (Wildman–Crippen MR) is 143 cm³/mol. The normalized spacial score (nSPS) is 10.9. The van der Waals surface area contributed by atoms with Crippen molar-refractivity contribution in [2.45, 2.75) is 0 Å². The molecule has 0 unspecified atom stereocenters. The zero-order valence-electron chi connectivity index (χ0n) is 18.0. The highest BCUT2D eigenvalue weighted by atomic mass is 79.9. The molecule has 0 saturated heterocycles. The summed E-state index contributed by atoms with van der Waals surface area (Å²) in [6.07, 6.45) is 1.38. The van der Waals surface area contributed by atoms with Crippen molar-refractivity contribution in [2.75, 3.05) is 6.61 Å². The van der Waals surface area contributed by atoms with E-state index in [2.05, 4.69) is 42.4 Å². The first-order valence-corrected chi connectivity index (χ1v) is 12.3. The number of nitrogens with zero attached hydrogens (tertiary/aromatic N) is 1. The molecule has 0 aliphatic carbocycles. The summed E-state index contributed by atoms with van der Waals surface area (Å²) >= 11 is 13.0. The van der Waals surface area contributed by atoms with Gasteiger partial charge in [-0.2, -0.15) is 5.10 Å². The monoisotopic (exact) mass is 614 g/mol. The molecule has 176 valence electrons. The number of fused-ring (bicyclic) bond motifs is 1. The SMILES string of the molecule is O=C(COc1ccc2ccccc2c1Br)N/N=C\c1cc(Br)ccc1OC(=O)c1ccccc1Cl. The second-order valence-corrected chi connectivity index (χ2v) is 9.35. The van der Waals surface area contributed by atoms with E-state index in [9.17, 15) is 9.59 Å². The molecule has 4 rings (SSSR count). The summed E-state index contributed by atoms with van der Waals surface area (Å²) < 4.78 is 12.7. The molecule has 1 N–H and O–H groups in total. The number of hydrogen-bond acceptors (Lipinski definition) is 5. The minimum Gasteiger partial charge on any atom is -0.483 e. The Morgan fingerprint density at radius 3 is 2.51 bits per heavy atom. The molecule has 6 nitrogen and oxygen atoms in total. The van der Waals surface area contributed by atoms with Gasteiger partial charge in [-0.05, 0) is 63.1 Å². The van der Waals surface area contributed by atoms with Gasteiger partial charge in [0, 0.05) is 10.0 Å². The van der Waals surface area contributed by atoms with Gasteiger partial charge in [-0.1, -0.05) is 70.0 Å². The number of benzene rings is 4. The summed E-state index contributed by atoms with van der Waals surface area (Å²) in [7, 11) is 0. The van der Waals surface area contributed by atoms with Crippen LogP contribution in [0.3, 0.4) is 0 Å². The van der Waals surface area contributed by atoms with Crippen molar-refractivity contribution in [1.29, 1.82) is 0 Å². The molecule has 0 bridgehead atoms.